The van der Waals surface area contributed by atoms with Crippen molar-refractivity contribution in [2.24, 2.45) is 0 Å². The largest absolute Gasteiger partial charge is 0.322 e. The molecule has 0 unspecified atom stereocenters. The predicted molar refractivity (Wildman–Crippen MR) is 77.9 cm³/mol. The van der Waals surface area contributed by atoms with Gasteiger partial charge in [-0.3, -0.25) is 4.79 Å². The Bertz CT molecular complexity index is 566. The summed E-state index contributed by atoms with van der Waals surface area (Å²) in [6.07, 6.45) is 0.959. The van der Waals surface area contributed by atoms with Crippen LogP contribution in [0.25, 0.3) is 0 Å². The maximum Gasteiger partial charge on any atom is 0.255 e. The highest BCUT2D eigenvalue weighted by atomic mass is 79.9. The van der Waals surface area contributed by atoms with Gasteiger partial charge >= 0.3 is 0 Å². The molecule has 1 amide bonds. The van der Waals surface area contributed by atoms with Crippen LogP contribution in [0.3, 0.4) is 0 Å². The maximum atomic E-state index is 12.0. The van der Waals surface area contributed by atoms with Crippen molar-refractivity contribution in [3.8, 4) is 0 Å². The number of amides is 1. The van der Waals surface area contributed by atoms with E-state index in [1.165, 1.54) is 5.56 Å². The number of carbonyl (C=O) groups is 1. The Balaban J connectivity index is 2.16. The van der Waals surface area contributed by atoms with Crippen molar-refractivity contribution in [1.29, 1.82) is 0 Å². The second-order valence-electron chi connectivity index (χ2n) is 4.02. The molecule has 1 N–H and O–H groups in total. The van der Waals surface area contributed by atoms with Crippen molar-refractivity contribution in [1.82, 2.24) is 0 Å². The van der Waals surface area contributed by atoms with Gasteiger partial charge in [-0.05, 0) is 42.3 Å². The van der Waals surface area contributed by atoms with Crippen LogP contribution in [0.5, 0.6) is 0 Å². The van der Waals surface area contributed by atoms with E-state index in [0.29, 0.717) is 5.56 Å². The zero-order chi connectivity index (χ0) is 13.0. The van der Waals surface area contributed by atoms with E-state index in [-0.39, 0.29) is 5.91 Å². The summed E-state index contributed by atoms with van der Waals surface area (Å²) in [5.74, 6) is -0.0930. The van der Waals surface area contributed by atoms with Gasteiger partial charge in [-0.15, -0.1) is 0 Å². The van der Waals surface area contributed by atoms with Crippen LogP contribution in [0.2, 0.25) is 0 Å². The monoisotopic (exact) mass is 303 g/mol. The molecule has 3 heteroatoms. The zero-order valence-corrected chi connectivity index (χ0v) is 11.7. The fraction of sp³-hybridized carbons (Fsp3) is 0.133. The molecule has 0 spiro atoms. The first-order valence-corrected chi connectivity index (χ1v) is 6.64. The molecule has 2 aromatic rings. The number of hydrogen-bond donors (Lipinski definition) is 1. The third kappa shape index (κ3) is 3.20. The van der Waals surface area contributed by atoms with Crippen LogP contribution < -0.4 is 5.32 Å². The van der Waals surface area contributed by atoms with E-state index in [2.05, 4.69) is 34.2 Å². The molecule has 0 aliphatic carbocycles. The van der Waals surface area contributed by atoms with Gasteiger partial charge in [0.1, 0.15) is 0 Å². The molecule has 0 aliphatic heterocycles. The van der Waals surface area contributed by atoms with E-state index in [1.807, 2.05) is 30.3 Å². The number of anilines is 1. The molecule has 0 aromatic heterocycles. The lowest BCUT2D eigenvalue weighted by molar-refractivity contribution is 0.102. The fourth-order valence-electron chi connectivity index (χ4n) is 1.70. The first-order valence-electron chi connectivity index (χ1n) is 5.85. The zero-order valence-electron chi connectivity index (χ0n) is 10.1. The Morgan fingerprint density at radius 2 is 1.94 bits per heavy atom. The molecule has 2 aromatic carbocycles. The van der Waals surface area contributed by atoms with Crippen LogP contribution in [0.4, 0.5) is 5.69 Å². The number of hydrogen-bond acceptors (Lipinski definition) is 1. The van der Waals surface area contributed by atoms with E-state index >= 15 is 0 Å². The van der Waals surface area contributed by atoms with Crippen LogP contribution in [-0.4, -0.2) is 5.91 Å². The van der Waals surface area contributed by atoms with E-state index < -0.39 is 0 Å². The first kappa shape index (κ1) is 12.8. The second kappa shape index (κ2) is 5.83. The first-order chi connectivity index (χ1) is 8.69. The number of nitrogens with one attached hydrogen (secondary N) is 1. The SMILES string of the molecule is CCc1cccc(NC(=O)c2cccc(Br)c2)c1. The summed E-state index contributed by atoms with van der Waals surface area (Å²) < 4.78 is 0.900. The van der Waals surface area contributed by atoms with Gasteiger partial charge in [0.2, 0.25) is 0 Å². The van der Waals surface area contributed by atoms with Crippen molar-refractivity contribution >= 4 is 27.5 Å². The van der Waals surface area contributed by atoms with Gasteiger partial charge in [-0.1, -0.05) is 41.1 Å². The second-order valence-corrected chi connectivity index (χ2v) is 4.93. The Hall–Kier alpha value is -1.61. The summed E-state index contributed by atoms with van der Waals surface area (Å²) in [5.41, 5.74) is 2.69. The Kier molecular flexibility index (Phi) is 4.15. The van der Waals surface area contributed by atoms with Gasteiger partial charge in [-0.25, -0.2) is 0 Å². The number of aryl methyl sites for hydroxylation is 1. The van der Waals surface area contributed by atoms with Crippen molar-refractivity contribution in [3.05, 3.63) is 64.1 Å². The molecule has 92 valence electrons. The van der Waals surface area contributed by atoms with Gasteiger partial charge in [0.25, 0.3) is 5.91 Å². The lowest BCUT2D eigenvalue weighted by Crippen LogP contribution is -2.11. The normalized spacial score (nSPS) is 10.1. The van der Waals surface area contributed by atoms with Crippen molar-refractivity contribution < 1.29 is 4.79 Å². The molecular formula is C15H14BrNO. The van der Waals surface area contributed by atoms with Crippen molar-refractivity contribution in [3.63, 3.8) is 0 Å². The number of benzene rings is 2. The summed E-state index contributed by atoms with van der Waals surface area (Å²) >= 11 is 3.36. The van der Waals surface area contributed by atoms with Crippen LogP contribution >= 0.6 is 15.9 Å². The minimum absolute atomic E-state index is 0.0930. The number of rotatable bonds is 3. The van der Waals surface area contributed by atoms with Gasteiger partial charge in [0.15, 0.2) is 0 Å². The lowest BCUT2D eigenvalue weighted by atomic mass is 10.1. The Morgan fingerprint density at radius 3 is 2.67 bits per heavy atom. The Morgan fingerprint density at radius 1 is 1.17 bits per heavy atom. The predicted octanol–water partition coefficient (Wildman–Crippen LogP) is 4.26. The quantitative estimate of drug-likeness (QED) is 0.901. The molecule has 0 radical (unpaired) electrons. The topological polar surface area (TPSA) is 29.1 Å². The summed E-state index contributed by atoms with van der Waals surface area (Å²) in [7, 11) is 0. The molecule has 2 rings (SSSR count). The standard InChI is InChI=1S/C15H14BrNO/c1-2-11-5-3-8-14(9-11)17-15(18)12-6-4-7-13(16)10-12/h3-10H,2H2,1H3,(H,17,18). The molecule has 18 heavy (non-hydrogen) atoms. The molecular weight excluding hydrogens is 290 g/mol. The van der Waals surface area contributed by atoms with Crippen molar-refractivity contribution in [2.45, 2.75) is 13.3 Å². The highest BCUT2D eigenvalue weighted by molar-refractivity contribution is 9.10. The minimum atomic E-state index is -0.0930. The van der Waals surface area contributed by atoms with Gasteiger partial charge in [-0.2, -0.15) is 0 Å². The van der Waals surface area contributed by atoms with Crippen molar-refractivity contribution in [2.75, 3.05) is 5.32 Å². The minimum Gasteiger partial charge on any atom is -0.322 e. The molecule has 0 saturated carbocycles. The van der Waals surface area contributed by atoms with Crippen LogP contribution in [0.15, 0.2) is 53.0 Å². The average molecular weight is 304 g/mol. The van der Waals surface area contributed by atoms with Crippen LogP contribution in [0.1, 0.15) is 22.8 Å². The summed E-state index contributed by atoms with van der Waals surface area (Å²) in [5, 5.41) is 2.90. The number of carbonyl (C=O) groups excluding carboxylic acids is 1. The number of halogens is 1. The smallest absolute Gasteiger partial charge is 0.255 e. The van der Waals surface area contributed by atoms with Gasteiger partial charge < -0.3 is 5.32 Å². The van der Waals surface area contributed by atoms with Crippen LogP contribution in [-0.2, 0) is 6.42 Å². The maximum absolute atomic E-state index is 12.0. The van der Waals surface area contributed by atoms with E-state index in [9.17, 15) is 4.79 Å². The van der Waals surface area contributed by atoms with Gasteiger partial charge in [0.05, 0.1) is 0 Å². The van der Waals surface area contributed by atoms with E-state index in [0.717, 1.165) is 16.6 Å². The van der Waals surface area contributed by atoms with E-state index in [4.69, 9.17) is 0 Å². The Labute approximate surface area is 115 Å². The molecule has 0 bridgehead atoms. The summed E-state index contributed by atoms with van der Waals surface area (Å²) in [6.45, 7) is 2.09. The lowest BCUT2D eigenvalue weighted by Gasteiger charge is -2.07. The molecule has 0 atom stereocenters. The summed E-state index contributed by atoms with van der Waals surface area (Å²) in [4.78, 5) is 12.0. The van der Waals surface area contributed by atoms with E-state index in [1.54, 1.807) is 12.1 Å². The third-order valence-corrected chi connectivity index (χ3v) is 3.17. The highest BCUT2D eigenvalue weighted by Gasteiger charge is 2.06. The fourth-order valence-corrected chi connectivity index (χ4v) is 2.10. The highest BCUT2D eigenvalue weighted by Crippen LogP contribution is 2.15. The third-order valence-electron chi connectivity index (χ3n) is 2.68. The molecule has 0 fully saturated rings. The van der Waals surface area contributed by atoms with Gasteiger partial charge in [0, 0.05) is 15.7 Å². The molecule has 0 saturated heterocycles. The van der Waals surface area contributed by atoms with Crippen LogP contribution in [0, 0.1) is 0 Å². The molecule has 2 nitrogen and oxygen atoms in total. The molecule has 0 aliphatic rings. The average Bonchev–Trinajstić information content (AvgIpc) is 2.39. The summed E-state index contributed by atoms with van der Waals surface area (Å²) in [6, 6.07) is 15.2. The molecule has 0 heterocycles.